The molecule has 126 valence electrons. The highest BCUT2D eigenvalue weighted by Gasteiger charge is 2.30. The summed E-state index contributed by atoms with van der Waals surface area (Å²) in [5, 5.41) is 3.53. The van der Waals surface area contributed by atoms with Crippen molar-refractivity contribution in [1.29, 1.82) is 0 Å². The monoisotopic (exact) mass is 357 g/mol. The van der Waals surface area contributed by atoms with E-state index >= 15 is 0 Å². The van der Waals surface area contributed by atoms with E-state index in [4.69, 9.17) is 11.6 Å². The molecule has 8 heteroatoms. The number of benzene rings is 1. The third-order valence-electron chi connectivity index (χ3n) is 4.33. The molecule has 2 heterocycles. The highest BCUT2D eigenvalue weighted by molar-refractivity contribution is 7.93. The Bertz CT molecular complexity index is 723. The normalized spacial score (nSPS) is 24.0. The van der Waals surface area contributed by atoms with Crippen molar-refractivity contribution in [1.82, 2.24) is 10.2 Å². The van der Waals surface area contributed by atoms with Crippen LogP contribution in [-0.4, -0.2) is 57.2 Å². The van der Waals surface area contributed by atoms with E-state index in [1.807, 2.05) is 6.92 Å². The molecule has 1 aromatic rings. The third kappa shape index (κ3) is 3.18. The summed E-state index contributed by atoms with van der Waals surface area (Å²) in [4.78, 5) is 14.5. The average Bonchev–Trinajstić information content (AvgIpc) is 2.86. The van der Waals surface area contributed by atoms with Gasteiger partial charge in [0.25, 0.3) is 5.91 Å². The number of hydrogen-bond donors (Lipinski definition) is 1. The molecule has 2 aliphatic rings. The zero-order chi connectivity index (χ0) is 16.6. The Kier molecular flexibility index (Phi) is 4.53. The number of carbonyl (C=O) groups is 1. The van der Waals surface area contributed by atoms with Gasteiger partial charge in [-0.05, 0) is 31.5 Å². The smallest absolute Gasteiger partial charge is 0.255 e. The van der Waals surface area contributed by atoms with Crippen LogP contribution in [0.4, 0.5) is 5.69 Å². The zero-order valence-electron chi connectivity index (χ0n) is 13.0. The fourth-order valence-electron chi connectivity index (χ4n) is 3.06. The van der Waals surface area contributed by atoms with Gasteiger partial charge in [0.1, 0.15) is 0 Å². The van der Waals surface area contributed by atoms with Crippen molar-refractivity contribution in [3.05, 3.63) is 28.8 Å². The van der Waals surface area contributed by atoms with Gasteiger partial charge < -0.3 is 10.2 Å². The molecule has 0 saturated carbocycles. The minimum absolute atomic E-state index is 0.103. The summed E-state index contributed by atoms with van der Waals surface area (Å²) >= 11 is 6.28. The highest BCUT2D eigenvalue weighted by Crippen LogP contribution is 2.29. The Morgan fingerprint density at radius 2 is 2.13 bits per heavy atom. The predicted molar refractivity (Wildman–Crippen MR) is 90.6 cm³/mol. The van der Waals surface area contributed by atoms with Crippen molar-refractivity contribution >= 4 is 33.2 Å². The van der Waals surface area contributed by atoms with Crippen LogP contribution < -0.4 is 9.62 Å². The summed E-state index contributed by atoms with van der Waals surface area (Å²) in [6.07, 6.45) is 0.610. The van der Waals surface area contributed by atoms with Gasteiger partial charge in [0.2, 0.25) is 10.0 Å². The molecule has 0 unspecified atom stereocenters. The molecule has 0 aliphatic carbocycles. The number of carbonyl (C=O) groups excluding carboxylic acids is 1. The molecule has 1 atom stereocenters. The summed E-state index contributed by atoms with van der Waals surface area (Å²) in [6.45, 7) is 4.60. The van der Waals surface area contributed by atoms with Gasteiger partial charge in [0, 0.05) is 32.2 Å². The van der Waals surface area contributed by atoms with Gasteiger partial charge in [0.05, 0.1) is 22.0 Å². The van der Waals surface area contributed by atoms with Gasteiger partial charge in [-0.3, -0.25) is 9.10 Å². The standard InChI is InChI=1S/C15H20ClN3O3S/c1-11-10-17-5-7-18(11)15(20)13-4-3-12(9-14(13)16)19-6-2-8-23(19,21)22/h3-4,9,11,17H,2,5-8,10H2,1H3/t11-/m1/s1. The van der Waals surface area contributed by atoms with Gasteiger partial charge in [-0.2, -0.15) is 0 Å². The molecule has 1 N–H and O–H groups in total. The third-order valence-corrected chi connectivity index (χ3v) is 6.51. The maximum Gasteiger partial charge on any atom is 0.255 e. The summed E-state index contributed by atoms with van der Waals surface area (Å²) in [5.41, 5.74) is 0.943. The lowest BCUT2D eigenvalue weighted by molar-refractivity contribution is 0.0656. The van der Waals surface area contributed by atoms with Gasteiger partial charge in [-0.1, -0.05) is 11.6 Å². The molecular weight excluding hydrogens is 338 g/mol. The number of sulfonamides is 1. The van der Waals surface area contributed by atoms with Gasteiger partial charge >= 0.3 is 0 Å². The van der Waals surface area contributed by atoms with E-state index in [0.717, 1.165) is 13.1 Å². The molecule has 2 fully saturated rings. The van der Waals surface area contributed by atoms with Crippen LogP contribution in [0.25, 0.3) is 0 Å². The molecular formula is C15H20ClN3O3S. The molecule has 1 aromatic carbocycles. The summed E-state index contributed by atoms with van der Waals surface area (Å²) in [5.74, 6) is 0.0451. The van der Waals surface area contributed by atoms with Crippen molar-refractivity contribution in [2.24, 2.45) is 0 Å². The number of hydrogen-bond acceptors (Lipinski definition) is 4. The lowest BCUT2D eigenvalue weighted by Crippen LogP contribution is -2.52. The second-order valence-corrected chi connectivity index (χ2v) is 8.38. The van der Waals surface area contributed by atoms with Crippen LogP contribution in [0.3, 0.4) is 0 Å². The second-order valence-electron chi connectivity index (χ2n) is 5.96. The maximum absolute atomic E-state index is 12.7. The first-order chi connectivity index (χ1) is 10.9. The molecule has 23 heavy (non-hydrogen) atoms. The van der Waals surface area contributed by atoms with Crippen LogP contribution in [0.15, 0.2) is 18.2 Å². The first kappa shape index (κ1) is 16.5. The Morgan fingerprint density at radius 1 is 1.35 bits per heavy atom. The summed E-state index contributed by atoms with van der Waals surface area (Å²) in [7, 11) is -3.25. The van der Waals surface area contributed by atoms with Gasteiger partial charge in [-0.25, -0.2) is 8.42 Å². The lowest BCUT2D eigenvalue weighted by atomic mass is 10.1. The Morgan fingerprint density at radius 3 is 2.74 bits per heavy atom. The number of halogens is 1. The van der Waals surface area contributed by atoms with Crippen LogP contribution in [0, 0.1) is 0 Å². The number of nitrogens with one attached hydrogen (secondary N) is 1. The molecule has 6 nitrogen and oxygen atoms in total. The Hall–Kier alpha value is -1.31. The van der Waals surface area contributed by atoms with E-state index in [1.165, 1.54) is 4.31 Å². The molecule has 0 bridgehead atoms. The van der Waals surface area contributed by atoms with Crippen LogP contribution in [0.1, 0.15) is 23.7 Å². The molecule has 3 rings (SSSR count). The van der Waals surface area contributed by atoms with Crippen molar-refractivity contribution in [3.8, 4) is 0 Å². The Balaban J connectivity index is 1.86. The first-order valence-corrected chi connectivity index (χ1v) is 9.70. The van der Waals surface area contributed by atoms with E-state index in [-0.39, 0.29) is 17.7 Å². The number of piperazine rings is 1. The van der Waals surface area contributed by atoms with Crippen molar-refractivity contribution < 1.29 is 13.2 Å². The molecule has 1 amide bonds. The number of anilines is 1. The minimum atomic E-state index is -3.25. The first-order valence-electron chi connectivity index (χ1n) is 7.72. The molecule has 0 spiro atoms. The topological polar surface area (TPSA) is 69.7 Å². The number of amides is 1. The summed E-state index contributed by atoms with van der Waals surface area (Å²) in [6, 6.07) is 4.97. The SMILES string of the molecule is C[C@@H]1CNCCN1C(=O)c1ccc(N2CCCS2(=O)=O)cc1Cl. The quantitative estimate of drug-likeness (QED) is 0.866. The molecule has 2 aliphatic heterocycles. The summed E-state index contributed by atoms with van der Waals surface area (Å²) < 4.78 is 25.3. The molecule has 0 radical (unpaired) electrons. The van der Waals surface area contributed by atoms with Crippen LogP contribution in [-0.2, 0) is 10.0 Å². The van der Waals surface area contributed by atoms with E-state index in [0.29, 0.717) is 35.8 Å². The zero-order valence-corrected chi connectivity index (χ0v) is 14.5. The van der Waals surface area contributed by atoms with E-state index < -0.39 is 10.0 Å². The predicted octanol–water partition coefficient (Wildman–Crippen LogP) is 1.31. The Labute approximate surface area is 141 Å². The van der Waals surface area contributed by atoms with E-state index in [1.54, 1.807) is 23.1 Å². The van der Waals surface area contributed by atoms with Gasteiger partial charge in [0.15, 0.2) is 0 Å². The van der Waals surface area contributed by atoms with Crippen molar-refractivity contribution in [2.75, 3.05) is 36.2 Å². The number of rotatable bonds is 2. The fraction of sp³-hybridized carbons (Fsp3) is 0.533. The van der Waals surface area contributed by atoms with E-state index in [9.17, 15) is 13.2 Å². The lowest BCUT2D eigenvalue weighted by Gasteiger charge is -2.34. The van der Waals surface area contributed by atoms with Crippen molar-refractivity contribution in [2.45, 2.75) is 19.4 Å². The van der Waals surface area contributed by atoms with E-state index in [2.05, 4.69) is 5.32 Å². The number of nitrogens with zero attached hydrogens (tertiary/aromatic N) is 2. The van der Waals surface area contributed by atoms with Crippen molar-refractivity contribution in [3.63, 3.8) is 0 Å². The van der Waals surface area contributed by atoms with Crippen LogP contribution in [0.5, 0.6) is 0 Å². The average molecular weight is 358 g/mol. The minimum Gasteiger partial charge on any atom is -0.333 e. The maximum atomic E-state index is 12.7. The highest BCUT2D eigenvalue weighted by atomic mass is 35.5. The molecule has 0 aromatic heterocycles. The van der Waals surface area contributed by atoms with Crippen LogP contribution >= 0.6 is 11.6 Å². The fourth-order valence-corrected chi connectivity index (χ4v) is 4.87. The van der Waals surface area contributed by atoms with Gasteiger partial charge in [-0.15, -0.1) is 0 Å². The molecule has 2 saturated heterocycles. The van der Waals surface area contributed by atoms with Crippen LogP contribution in [0.2, 0.25) is 5.02 Å². The second kappa shape index (κ2) is 6.30. The largest absolute Gasteiger partial charge is 0.333 e.